The Morgan fingerprint density at radius 3 is 2.64 bits per heavy atom. The zero-order chi connectivity index (χ0) is 15.5. The molecule has 1 fully saturated rings. The van der Waals surface area contributed by atoms with Gasteiger partial charge in [0, 0.05) is 31.5 Å². The first-order chi connectivity index (χ1) is 10.6. The molecule has 0 bridgehead atoms. The van der Waals surface area contributed by atoms with E-state index in [1.807, 2.05) is 0 Å². The number of rotatable bonds is 2. The molecule has 0 atom stereocenters. The van der Waals surface area contributed by atoms with Gasteiger partial charge in [-0.25, -0.2) is 9.37 Å². The van der Waals surface area contributed by atoms with Crippen molar-refractivity contribution in [1.82, 2.24) is 14.9 Å². The summed E-state index contributed by atoms with van der Waals surface area (Å²) in [5, 5.41) is 0.0837. The first-order valence-electron chi connectivity index (χ1n) is 6.79. The Kier molecular flexibility index (Phi) is 4.31. The zero-order valence-electron chi connectivity index (χ0n) is 11.6. The summed E-state index contributed by atoms with van der Waals surface area (Å²) in [5.41, 5.74) is 1.11. The molecule has 1 aliphatic heterocycles. The van der Waals surface area contributed by atoms with Gasteiger partial charge in [-0.05, 0) is 12.1 Å². The molecular formula is C15H13ClFN3O2. The number of hydrogen-bond donors (Lipinski definition) is 0. The van der Waals surface area contributed by atoms with Crippen LogP contribution in [0.4, 0.5) is 4.39 Å². The molecule has 0 unspecified atom stereocenters. The average Bonchev–Trinajstić information content (AvgIpc) is 2.55. The SMILES string of the molecule is O=C(c1ccc(-c2cnc(Cl)cc2F)nc1)N1CCOCC1. The van der Waals surface area contributed by atoms with Crippen LogP contribution in [0.1, 0.15) is 10.4 Å². The zero-order valence-corrected chi connectivity index (χ0v) is 12.4. The van der Waals surface area contributed by atoms with Gasteiger partial charge < -0.3 is 9.64 Å². The number of pyridine rings is 2. The molecule has 5 nitrogen and oxygen atoms in total. The Balaban J connectivity index is 1.81. The van der Waals surface area contributed by atoms with E-state index < -0.39 is 5.82 Å². The number of nitrogens with zero attached hydrogens (tertiary/aromatic N) is 3. The third kappa shape index (κ3) is 3.08. The highest BCUT2D eigenvalue weighted by Gasteiger charge is 2.19. The molecule has 2 aromatic heterocycles. The van der Waals surface area contributed by atoms with Crippen molar-refractivity contribution >= 4 is 17.5 Å². The lowest BCUT2D eigenvalue weighted by molar-refractivity contribution is 0.0302. The largest absolute Gasteiger partial charge is 0.378 e. The van der Waals surface area contributed by atoms with Crippen LogP contribution in [0, 0.1) is 5.82 Å². The van der Waals surface area contributed by atoms with Gasteiger partial charge in [0.2, 0.25) is 0 Å². The fourth-order valence-corrected chi connectivity index (χ4v) is 2.37. The molecule has 1 saturated heterocycles. The van der Waals surface area contributed by atoms with E-state index in [0.717, 1.165) is 6.07 Å². The molecule has 7 heteroatoms. The molecule has 0 N–H and O–H groups in total. The van der Waals surface area contributed by atoms with Crippen LogP contribution in [0.25, 0.3) is 11.3 Å². The molecule has 0 aromatic carbocycles. The van der Waals surface area contributed by atoms with Crippen LogP contribution >= 0.6 is 11.6 Å². The smallest absolute Gasteiger partial charge is 0.255 e. The number of carbonyl (C=O) groups excluding carboxylic acids is 1. The maximum absolute atomic E-state index is 13.8. The summed E-state index contributed by atoms with van der Waals surface area (Å²) in [6.07, 6.45) is 2.77. The van der Waals surface area contributed by atoms with Crippen molar-refractivity contribution in [3.63, 3.8) is 0 Å². The van der Waals surface area contributed by atoms with Crippen molar-refractivity contribution < 1.29 is 13.9 Å². The van der Waals surface area contributed by atoms with Crippen molar-refractivity contribution in [1.29, 1.82) is 0 Å². The van der Waals surface area contributed by atoms with Crippen molar-refractivity contribution in [3.05, 3.63) is 47.1 Å². The summed E-state index contributed by atoms with van der Waals surface area (Å²) in [6.45, 7) is 2.21. The Hall–Kier alpha value is -2.05. The lowest BCUT2D eigenvalue weighted by Crippen LogP contribution is -2.40. The molecule has 0 spiro atoms. The summed E-state index contributed by atoms with van der Waals surface area (Å²) >= 11 is 5.63. The van der Waals surface area contributed by atoms with E-state index >= 15 is 0 Å². The van der Waals surface area contributed by atoms with Gasteiger partial charge in [0.15, 0.2) is 0 Å². The van der Waals surface area contributed by atoms with E-state index in [1.165, 1.54) is 12.4 Å². The number of aromatic nitrogens is 2. The second kappa shape index (κ2) is 6.37. The molecule has 0 aliphatic carbocycles. The Bertz CT molecular complexity index is 688. The van der Waals surface area contributed by atoms with Gasteiger partial charge in [-0.1, -0.05) is 11.6 Å². The summed E-state index contributed by atoms with van der Waals surface area (Å²) in [5.74, 6) is -0.600. The molecular weight excluding hydrogens is 309 g/mol. The van der Waals surface area contributed by atoms with Crippen molar-refractivity contribution in [2.24, 2.45) is 0 Å². The van der Waals surface area contributed by atoms with Gasteiger partial charge in [0.05, 0.1) is 30.0 Å². The summed E-state index contributed by atoms with van der Waals surface area (Å²) in [4.78, 5) is 22.0. The highest BCUT2D eigenvalue weighted by molar-refractivity contribution is 6.29. The molecule has 0 radical (unpaired) electrons. The topological polar surface area (TPSA) is 55.3 Å². The number of halogens is 2. The van der Waals surface area contributed by atoms with Crippen LogP contribution in [0.15, 0.2) is 30.6 Å². The van der Waals surface area contributed by atoms with Gasteiger partial charge in [-0.2, -0.15) is 0 Å². The highest BCUT2D eigenvalue weighted by atomic mass is 35.5. The Morgan fingerprint density at radius 1 is 1.23 bits per heavy atom. The van der Waals surface area contributed by atoms with Crippen LogP contribution in [-0.2, 0) is 4.74 Å². The summed E-state index contributed by atoms with van der Waals surface area (Å²) in [6, 6.07) is 4.36. The van der Waals surface area contributed by atoms with Crippen LogP contribution in [-0.4, -0.2) is 47.1 Å². The second-order valence-corrected chi connectivity index (χ2v) is 5.21. The first-order valence-corrected chi connectivity index (χ1v) is 7.17. The lowest BCUT2D eigenvalue weighted by Gasteiger charge is -2.26. The normalized spacial score (nSPS) is 14.9. The van der Waals surface area contributed by atoms with E-state index in [1.54, 1.807) is 17.0 Å². The van der Waals surface area contributed by atoms with E-state index in [-0.39, 0.29) is 16.6 Å². The Morgan fingerprint density at radius 2 is 2.00 bits per heavy atom. The lowest BCUT2D eigenvalue weighted by atomic mass is 10.1. The molecule has 114 valence electrons. The van der Waals surface area contributed by atoms with E-state index in [9.17, 15) is 9.18 Å². The predicted octanol–water partition coefficient (Wildman–Crippen LogP) is 2.41. The molecule has 2 aromatic rings. The van der Waals surface area contributed by atoms with Gasteiger partial charge in [0.25, 0.3) is 5.91 Å². The molecule has 1 amide bonds. The average molecular weight is 322 g/mol. The van der Waals surface area contributed by atoms with Crippen molar-refractivity contribution in [3.8, 4) is 11.3 Å². The fourth-order valence-electron chi connectivity index (χ4n) is 2.22. The third-order valence-electron chi connectivity index (χ3n) is 3.40. The van der Waals surface area contributed by atoms with E-state index in [2.05, 4.69) is 9.97 Å². The molecule has 1 aliphatic rings. The van der Waals surface area contributed by atoms with Crippen LogP contribution < -0.4 is 0 Å². The number of ether oxygens (including phenoxy) is 1. The quantitative estimate of drug-likeness (QED) is 0.797. The van der Waals surface area contributed by atoms with Crippen LogP contribution in [0.3, 0.4) is 0 Å². The number of carbonyl (C=O) groups is 1. The monoisotopic (exact) mass is 321 g/mol. The molecule has 3 heterocycles. The minimum absolute atomic E-state index is 0.0837. The Labute approximate surface area is 131 Å². The van der Waals surface area contributed by atoms with Crippen molar-refractivity contribution in [2.75, 3.05) is 26.3 Å². The number of amides is 1. The van der Waals surface area contributed by atoms with Gasteiger partial charge in [-0.15, -0.1) is 0 Å². The van der Waals surface area contributed by atoms with Gasteiger partial charge in [0.1, 0.15) is 11.0 Å². The maximum Gasteiger partial charge on any atom is 0.255 e. The van der Waals surface area contributed by atoms with Crippen LogP contribution in [0.5, 0.6) is 0 Å². The van der Waals surface area contributed by atoms with E-state index in [4.69, 9.17) is 16.3 Å². The number of morpholine rings is 1. The molecule has 3 rings (SSSR count). The van der Waals surface area contributed by atoms with Crippen LogP contribution in [0.2, 0.25) is 5.15 Å². The minimum Gasteiger partial charge on any atom is -0.378 e. The van der Waals surface area contributed by atoms with Crippen molar-refractivity contribution in [2.45, 2.75) is 0 Å². The van der Waals surface area contributed by atoms with Gasteiger partial charge >= 0.3 is 0 Å². The fraction of sp³-hybridized carbons (Fsp3) is 0.267. The maximum atomic E-state index is 13.8. The van der Waals surface area contributed by atoms with E-state index in [0.29, 0.717) is 37.6 Å². The molecule has 0 saturated carbocycles. The number of hydrogen-bond acceptors (Lipinski definition) is 4. The van der Waals surface area contributed by atoms with Gasteiger partial charge in [-0.3, -0.25) is 9.78 Å². The predicted molar refractivity (Wildman–Crippen MR) is 79.2 cm³/mol. The first kappa shape index (κ1) is 14.9. The minimum atomic E-state index is -0.500. The summed E-state index contributed by atoms with van der Waals surface area (Å²) in [7, 11) is 0. The second-order valence-electron chi connectivity index (χ2n) is 4.82. The standard InChI is InChI=1S/C15H13ClFN3O2/c16-14-7-12(17)11(9-19-14)13-2-1-10(8-18-13)15(21)20-3-5-22-6-4-20/h1-2,7-9H,3-6H2. The third-order valence-corrected chi connectivity index (χ3v) is 3.61. The highest BCUT2D eigenvalue weighted by Crippen LogP contribution is 2.22. The molecule has 22 heavy (non-hydrogen) atoms. The summed E-state index contributed by atoms with van der Waals surface area (Å²) < 4.78 is 19.0.